The summed E-state index contributed by atoms with van der Waals surface area (Å²) in [6, 6.07) is -1.85. The summed E-state index contributed by atoms with van der Waals surface area (Å²) in [7, 11) is 0. The molecule has 1 aromatic rings. The van der Waals surface area contributed by atoms with Crippen LogP contribution in [0.3, 0.4) is 0 Å². The fraction of sp³-hybridized carbons (Fsp3) is 0.500. The number of carbonyl (C=O) groups is 3. The highest BCUT2D eigenvalue weighted by molar-refractivity contribution is 5.82. The van der Waals surface area contributed by atoms with E-state index in [-0.39, 0.29) is 12.8 Å². The maximum absolute atomic E-state index is 11.5. The number of nitrogens with zero attached hydrogens (tertiary/aromatic N) is 1. The van der Waals surface area contributed by atoms with Gasteiger partial charge in [0.1, 0.15) is 11.9 Å². The molecule has 1 unspecified atom stereocenters. The summed E-state index contributed by atoms with van der Waals surface area (Å²) >= 11 is 0. The topological polar surface area (TPSA) is 144 Å². The molecule has 0 fully saturated rings. The third-order valence-corrected chi connectivity index (χ3v) is 2.68. The number of carboxylic acid groups (broad SMARTS) is 2. The van der Waals surface area contributed by atoms with Crippen molar-refractivity contribution in [2.24, 2.45) is 0 Å². The number of aromatic nitrogens is 2. The molecule has 9 heteroatoms. The number of urea groups is 1. The molecule has 21 heavy (non-hydrogen) atoms. The Morgan fingerprint density at radius 1 is 1.33 bits per heavy atom. The average Bonchev–Trinajstić information content (AvgIpc) is 2.92. The molecule has 0 radical (unpaired) electrons. The number of imidazole rings is 1. The molecule has 1 heterocycles. The van der Waals surface area contributed by atoms with Crippen molar-refractivity contribution in [3.05, 3.63) is 18.2 Å². The van der Waals surface area contributed by atoms with Gasteiger partial charge in [0, 0.05) is 31.8 Å². The van der Waals surface area contributed by atoms with Gasteiger partial charge in [-0.15, -0.1) is 0 Å². The van der Waals surface area contributed by atoms with Crippen LogP contribution in [0.25, 0.3) is 0 Å². The summed E-state index contributed by atoms with van der Waals surface area (Å²) in [5.41, 5.74) is 0. The zero-order valence-electron chi connectivity index (χ0n) is 11.3. The van der Waals surface area contributed by atoms with E-state index in [9.17, 15) is 14.4 Å². The molecule has 0 aliphatic carbocycles. The van der Waals surface area contributed by atoms with Crippen LogP contribution in [0.2, 0.25) is 0 Å². The van der Waals surface area contributed by atoms with Crippen LogP contribution >= 0.6 is 0 Å². The fourth-order valence-electron chi connectivity index (χ4n) is 1.63. The van der Waals surface area contributed by atoms with Crippen molar-refractivity contribution in [2.75, 3.05) is 6.54 Å². The summed E-state index contributed by atoms with van der Waals surface area (Å²) in [5.74, 6) is -1.56. The Balaban J connectivity index is 2.23. The van der Waals surface area contributed by atoms with Gasteiger partial charge in [0.2, 0.25) is 0 Å². The van der Waals surface area contributed by atoms with Crippen LogP contribution < -0.4 is 10.6 Å². The first-order valence-corrected chi connectivity index (χ1v) is 6.46. The molecule has 5 N–H and O–H groups in total. The zero-order chi connectivity index (χ0) is 15.7. The molecule has 0 saturated carbocycles. The number of hydrogen-bond acceptors (Lipinski definition) is 4. The Hall–Kier alpha value is -2.58. The number of hydrogen-bond donors (Lipinski definition) is 5. The predicted molar refractivity (Wildman–Crippen MR) is 71.7 cm³/mol. The lowest BCUT2D eigenvalue weighted by Crippen LogP contribution is -2.46. The molecule has 0 aliphatic heterocycles. The van der Waals surface area contributed by atoms with Crippen molar-refractivity contribution in [1.82, 2.24) is 20.6 Å². The summed E-state index contributed by atoms with van der Waals surface area (Å²) in [6.07, 6.45) is 4.16. The normalized spacial score (nSPS) is 11.6. The Morgan fingerprint density at radius 3 is 2.67 bits per heavy atom. The van der Waals surface area contributed by atoms with Gasteiger partial charge in [0.05, 0.1) is 0 Å². The SMILES string of the molecule is O=C(O)CCC(NC(=O)NCCCc1ncc[nH]1)C(=O)O. The number of H-pyrrole nitrogens is 1. The number of nitrogens with one attached hydrogen (secondary N) is 3. The van der Waals surface area contributed by atoms with Crippen molar-refractivity contribution in [3.63, 3.8) is 0 Å². The third-order valence-electron chi connectivity index (χ3n) is 2.68. The van der Waals surface area contributed by atoms with Gasteiger partial charge in [0.25, 0.3) is 0 Å². The molecule has 0 aliphatic rings. The van der Waals surface area contributed by atoms with Crippen LogP contribution in [-0.2, 0) is 16.0 Å². The fourth-order valence-corrected chi connectivity index (χ4v) is 1.63. The predicted octanol–water partition coefficient (Wildman–Crippen LogP) is -0.0405. The summed E-state index contributed by atoms with van der Waals surface area (Å²) in [6.45, 7) is 0.359. The molecule has 1 rings (SSSR count). The van der Waals surface area contributed by atoms with Crippen molar-refractivity contribution < 1.29 is 24.6 Å². The van der Waals surface area contributed by atoms with E-state index in [1.165, 1.54) is 0 Å². The second kappa shape index (κ2) is 8.56. The minimum Gasteiger partial charge on any atom is -0.481 e. The Bertz CT molecular complexity index is 474. The molecule has 0 aromatic carbocycles. The number of amides is 2. The highest BCUT2D eigenvalue weighted by Crippen LogP contribution is 1.98. The summed E-state index contributed by atoms with van der Waals surface area (Å²) in [4.78, 5) is 39.8. The Labute approximate surface area is 120 Å². The van der Waals surface area contributed by atoms with Crippen molar-refractivity contribution in [2.45, 2.75) is 31.7 Å². The number of carbonyl (C=O) groups excluding carboxylic acids is 1. The van der Waals surface area contributed by atoms with Crippen LogP contribution in [-0.4, -0.2) is 50.7 Å². The molecule has 116 valence electrons. The van der Waals surface area contributed by atoms with Crippen LogP contribution in [0.15, 0.2) is 12.4 Å². The number of aliphatic carboxylic acids is 2. The lowest BCUT2D eigenvalue weighted by Gasteiger charge is -2.14. The first-order chi connectivity index (χ1) is 9.99. The standard InChI is InChI=1S/C12H18N4O5/c17-10(18)4-3-8(11(19)20)16-12(21)15-5-1-2-9-13-6-7-14-9/h6-8H,1-5H2,(H,13,14)(H,17,18)(H,19,20)(H2,15,16,21). The van der Waals surface area contributed by atoms with Crippen molar-refractivity contribution in [1.29, 1.82) is 0 Å². The molecule has 1 atom stereocenters. The van der Waals surface area contributed by atoms with E-state index in [0.717, 1.165) is 5.82 Å². The van der Waals surface area contributed by atoms with E-state index in [2.05, 4.69) is 20.6 Å². The van der Waals surface area contributed by atoms with Gasteiger partial charge < -0.3 is 25.8 Å². The third kappa shape index (κ3) is 6.95. The first-order valence-electron chi connectivity index (χ1n) is 6.46. The van der Waals surface area contributed by atoms with Gasteiger partial charge in [0.15, 0.2) is 0 Å². The molecule has 9 nitrogen and oxygen atoms in total. The lowest BCUT2D eigenvalue weighted by atomic mass is 10.1. The summed E-state index contributed by atoms with van der Waals surface area (Å²) < 4.78 is 0. The van der Waals surface area contributed by atoms with E-state index < -0.39 is 24.0 Å². The Kier molecular flexibility index (Phi) is 6.72. The van der Waals surface area contributed by atoms with Crippen molar-refractivity contribution >= 4 is 18.0 Å². The smallest absolute Gasteiger partial charge is 0.326 e. The van der Waals surface area contributed by atoms with Gasteiger partial charge in [-0.1, -0.05) is 0 Å². The van der Waals surface area contributed by atoms with Crippen molar-refractivity contribution in [3.8, 4) is 0 Å². The zero-order valence-corrected chi connectivity index (χ0v) is 11.3. The van der Waals surface area contributed by atoms with Gasteiger partial charge >= 0.3 is 18.0 Å². The molecular weight excluding hydrogens is 280 g/mol. The van der Waals surface area contributed by atoms with E-state index in [0.29, 0.717) is 19.4 Å². The minimum atomic E-state index is -1.26. The Morgan fingerprint density at radius 2 is 2.10 bits per heavy atom. The minimum absolute atomic E-state index is 0.162. The van der Waals surface area contributed by atoms with Crippen LogP contribution in [0, 0.1) is 0 Å². The number of carboxylic acids is 2. The molecule has 0 spiro atoms. The van der Waals surface area contributed by atoms with E-state index in [1.54, 1.807) is 12.4 Å². The van der Waals surface area contributed by atoms with E-state index in [1.807, 2.05) is 0 Å². The van der Waals surface area contributed by atoms with Gasteiger partial charge in [-0.2, -0.15) is 0 Å². The van der Waals surface area contributed by atoms with Crippen LogP contribution in [0.4, 0.5) is 4.79 Å². The first kappa shape index (κ1) is 16.5. The lowest BCUT2D eigenvalue weighted by molar-refractivity contribution is -0.140. The molecular formula is C12H18N4O5. The number of rotatable bonds is 9. The van der Waals surface area contributed by atoms with Gasteiger partial charge in [-0.05, 0) is 12.8 Å². The number of aryl methyl sites for hydroxylation is 1. The van der Waals surface area contributed by atoms with E-state index in [4.69, 9.17) is 10.2 Å². The molecule has 2 amide bonds. The highest BCUT2D eigenvalue weighted by Gasteiger charge is 2.20. The molecule has 0 saturated heterocycles. The quantitative estimate of drug-likeness (QED) is 0.404. The van der Waals surface area contributed by atoms with E-state index >= 15 is 0 Å². The highest BCUT2D eigenvalue weighted by atomic mass is 16.4. The number of aromatic amines is 1. The second-order valence-electron chi connectivity index (χ2n) is 4.36. The maximum atomic E-state index is 11.5. The second-order valence-corrected chi connectivity index (χ2v) is 4.36. The molecule has 1 aromatic heterocycles. The van der Waals surface area contributed by atoms with Gasteiger partial charge in [-0.25, -0.2) is 14.6 Å². The summed E-state index contributed by atoms with van der Waals surface area (Å²) in [5, 5.41) is 22.1. The van der Waals surface area contributed by atoms with Crippen LogP contribution in [0.1, 0.15) is 25.1 Å². The maximum Gasteiger partial charge on any atom is 0.326 e. The monoisotopic (exact) mass is 298 g/mol. The largest absolute Gasteiger partial charge is 0.481 e. The molecule has 0 bridgehead atoms. The van der Waals surface area contributed by atoms with Crippen LogP contribution in [0.5, 0.6) is 0 Å². The van der Waals surface area contributed by atoms with Gasteiger partial charge in [-0.3, -0.25) is 4.79 Å². The average molecular weight is 298 g/mol.